The van der Waals surface area contributed by atoms with Gasteiger partial charge >= 0.3 is 17.9 Å². The second-order valence-corrected chi connectivity index (χ2v) is 14.3. The molecule has 0 aliphatic heterocycles. The average Bonchev–Trinajstić information content (AvgIpc) is 3.85. The summed E-state index contributed by atoms with van der Waals surface area (Å²) >= 11 is 0. The van der Waals surface area contributed by atoms with Crippen molar-refractivity contribution in [3.05, 3.63) is 140 Å². The third-order valence-electron chi connectivity index (χ3n) is 9.56. The van der Waals surface area contributed by atoms with E-state index in [2.05, 4.69) is 15.4 Å². The van der Waals surface area contributed by atoms with E-state index in [-0.39, 0.29) is 34.1 Å². The van der Waals surface area contributed by atoms with E-state index >= 15 is 0 Å². The van der Waals surface area contributed by atoms with Crippen LogP contribution < -0.4 is 11.0 Å². The van der Waals surface area contributed by atoms with Gasteiger partial charge in [-0.2, -0.15) is 31.9 Å². The predicted molar refractivity (Wildman–Crippen MR) is 193 cm³/mol. The zero-order chi connectivity index (χ0) is 39.3. The highest BCUT2D eigenvalue weighted by molar-refractivity contribution is 7.85. The van der Waals surface area contributed by atoms with Crippen LogP contribution in [-0.4, -0.2) is 42.9 Å². The van der Waals surface area contributed by atoms with Gasteiger partial charge in [0.05, 0.1) is 57.1 Å². The smallest absolute Gasteiger partial charge is 0.360 e. The fourth-order valence-electron chi connectivity index (χ4n) is 6.47. The third kappa shape index (κ3) is 6.98. The molecule has 3 N–H and O–H groups in total. The van der Waals surface area contributed by atoms with Gasteiger partial charge in [0, 0.05) is 17.8 Å². The molecule has 6 aromatic rings. The van der Waals surface area contributed by atoms with Crippen molar-refractivity contribution in [3.8, 4) is 28.8 Å². The minimum atomic E-state index is -4.69. The van der Waals surface area contributed by atoms with Crippen LogP contribution in [-0.2, 0) is 22.7 Å². The predicted octanol–water partition coefficient (Wildman–Crippen LogP) is 7.10. The number of hydrogen-bond acceptors (Lipinski definition) is 6. The molecule has 0 fully saturated rings. The lowest BCUT2D eigenvalue weighted by Crippen LogP contribution is -2.38. The molecule has 0 saturated carbocycles. The second-order valence-electron chi connectivity index (χ2n) is 12.9. The first-order valence-corrected chi connectivity index (χ1v) is 18.0. The lowest BCUT2D eigenvalue weighted by molar-refractivity contribution is -0.137. The van der Waals surface area contributed by atoms with E-state index in [0.29, 0.717) is 33.8 Å². The van der Waals surface area contributed by atoms with Gasteiger partial charge in [0.1, 0.15) is 5.69 Å². The Kier molecular flexibility index (Phi) is 9.73. The maximum atomic E-state index is 14.2. The van der Waals surface area contributed by atoms with E-state index in [9.17, 15) is 41.0 Å². The Labute approximate surface area is 307 Å². The SMILES string of the molecule is Cc1c(Cc2ccc(C(C)NC(=O)n3c(-c4ccnn4-c4ccc(C#N)cc4)c(C)n(-c4cccc(C(F)(F)F)c4)c3=O)[nH]2)cc(S(=O)(=O)O)c(C)c1C. The number of aromatic amines is 1. The summed E-state index contributed by atoms with van der Waals surface area (Å²) in [6.45, 7) is 8.44. The summed E-state index contributed by atoms with van der Waals surface area (Å²) in [5, 5.41) is 16.5. The molecule has 1 amide bonds. The van der Waals surface area contributed by atoms with Crippen molar-refractivity contribution in [1.29, 1.82) is 5.26 Å². The summed E-state index contributed by atoms with van der Waals surface area (Å²) < 4.78 is 78.4. The molecule has 1 unspecified atom stereocenters. The monoisotopic (exact) mass is 757 g/mol. The fourth-order valence-corrected chi connectivity index (χ4v) is 7.30. The highest BCUT2D eigenvalue weighted by atomic mass is 32.2. The average molecular weight is 758 g/mol. The van der Waals surface area contributed by atoms with E-state index in [0.717, 1.165) is 32.4 Å². The molecule has 12 nitrogen and oxygen atoms in total. The van der Waals surface area contributed by atoms with Crippen LogP contribution in [0.25, 0.3) is 22.8 Å². The van der Waals surface area contributed by atoms with E-state index in [4.69, 9.17) is 0 Å². The van der Waals surface area contributed by atoms with Gasteiger partial charge in [-0.15, -0.1) is 0 Å². The molecule has 0 aliphatic carbocycles. The molecule has 16 heteroatoms. The van der Waals surface area contributed by atoms with Crippen LogP contribution in [0.15, 0.2) is 88.7 Å². The Bertz CT molecular complexity index is 2640. The van der Waals surface area contributed by atoms with Crippen LogP contribution in [0.5, 0.6) is 0 Å². The van der Waals surface area contributed by atoms with Crippen LogP contribution >= 0.6 is 0 Å². The van der Waals surface area contributed by atoms with Crippen LogP contribution in [0.3, 0.4) is 0 Å². The first-order valence-electron chi connectivity index (χ1n) is 16.5. The van der Waals surface area contributed by atoms with E-state index < -0.39 is 39.6 Å². The van der Waals surface area contributed by atoms with Crippen LogP contribution in [0.4, 0.5) is 18.0 Å². The lowest BCUT2D eigenvalue weighted by Gasteiger charge is -2.16. The van der Waals surface area contributed by atoms with Crippen molar-refractivity contribution in [2.75, 3.05) is 0 Å². The van der Waals surface area contributed by atoms with Gasteiger partial charge in [0.2, 0.25) is 0 Å². The Morgan fingerprint density at radius 3 is 2.33 bits per heavy atom. The molecular weight excluding hydrogens is 724 g/mol. The number of benzene rings is 3. The molecule has 0 radical (unpaired) electrons. The normalized spacial score (nSPS) is 12.4. The quantitative estimate of drug-likeness (QED) is 0.139. The second kappa shape index (κ2) is 14.0. The molecular formula is C38H34F3N7O5S. The molecule has 0 spiro atoms. The van der Waals surface area contributed by atoms with E-state index in [1.165, 1.54) is 36.0 Å². The van der Waals surface area contributed by atoms with Gasteiger partial charge < -0.3 is 10.3 Å². The lowest BCUT2D eigenvalue weighted by atomic mass is 9.96. The fraction of sp³-hybridized carbons (Fsp3) is 0.211. The number of carbonyl (C=O) groups excluding carboxylic acids is 1. The Hall–Kier alpha value is -6.18. The van der Waals surface area contributed by atoms with Gasteiger partial charge in [0.15, 0.2) is 0 Å². The summed E-state index contributed by atoms with van der Waals surface area (Å²) in [6, 6.07) is 17.6. The van der Waals surface area contributed by atoms with E-state index in [1.807, 2.05) is 13.0 Å². The Morgan fingerprint density at radius 2 is 1.69 bits per heavy atom. The molecule has 1 atom stereocenters. The maximum absolute atomic E-state index is 14.2. The highest BCUT2D eigenvalue weighted by Crippen LogP contribution is 2.32. The molecule has 6 rings (SSSR count). The molecule has 0 saturated heterocycles. The number of rotatable bonds is 8. The minimum Gasteiger partial charge on any atom is -0.360 e. The van der Waals surface area contributed by atoms with E-state index in [1.54, 1.807) is 63.2 Å². The number of imidazole rings is 1. The number of nitriles is 1. The molecule has 3 aromatic heterocycles. The highest BCUT2D eigenvalue weighted by Gasteiger charge is 2.32. The maximum Gasteiger partial charge on any atom is 0.416 e. The molecule has 54 heavy (non-hydrogen) atoms. The molecule has 0 bridgehead atoms. The summed E-state index contributed by atoms with van der Waals surface area (Å²) in [7, 11) is -4.46. The van der Waals surface area contributed by atoms with Gasteiger partial charge in [-0.05, 0) is 124 Å². The number of hydrogen-bond donors (Lipinski definition) is 3. The summed E-state index contributed by atoms with van der Waals surface area (Å²) in [6.07, 6.45) is -2.97. The number of H-pyrrole nitrogens is 1. The first-order chi connectivity index (χ1) is 25.4. The number of nitrogens with zero attached hydrogens (tertiary/aromatic N) is 5. The van der Waals surface area contributed by atoms with Crippen molar-refractivity contribution in [2.24, 2.45) is 0 Å². The number of amides is 1. The molecule has 0 aliphatic rings. The summed E-state index contributed by atoms with van der Waals surface area (Å²) in [4.78, 5) is 31.4. The molecule has 278 valence electrons. The van der Waals surface area contributed by atoms with Crippen LogP contribution in [0, 0.1) is 39.0 Å². The standard InChI is InChI=1S/C38H34F3N7O5S/c1-21-22(2)27(18-34(23(21)3)54(51,52)53)17-29-11-14-32(45-29)24(4)44-36(49)47-35(33-15-16-43-48(33)30-12-9-26(20-42)10-13-30)25(5)46(37(47)50)31-8-6-7-28(19-31)38(39,40)41/h6-16,18-19,24,45H,17H2,1-5H3,(H,44,49)(H,51,52,53). The van der Waals surface area contributed by atoms with Crippen molar-refractivity contribution in [3.63, 3.8) is 0 Å². The first kappa shape index (κ1) is 37.6. The van der Waals surface area contributed by atoms with Gasteiger partial charge in [-0.3, -0.25) is 9.12 Å². The van der Waals surface area contributed by atoms with Crippen molar-refractivity contribution >= 4 is 16.1 Å². The zero-order valence-electron chi connectivity index (χ0n) is 29.6. The van der Waals surface area contributed by atoms with Crippen molar-refractivity contribution in [2.45, 2.75) is 58.2 Å². The number of halogens is 3. The minimum absolute atomic E-state index is 0.0657. The van der Waals surface area contributed by atoms with Gasteiger partial charge in [0.25, 0.3) is 10.1 Å². The third-order valence-corrected chi connectivity index (χ3v) is 10.5. The number of alkyl halides is 3. The summed E-state index contributed by atoms with van der Waals surface area (Å²) in [5.74, 6) is 0. The van der Waals surface area contributed by atoms with Crippen LogP contribution in [0.1, 0.15) is 63.4 Å². The van der Waals surface area contributed by atoms with Crippen molar-refractivity contribution < 1.29 is 30.9 Å². The number of aromatic nitrogens is 5. The summed E-state index contributed by atoms with van der Waals surface area (Å²) in [5.41, 5.74) is 3.29. The molecule has 3 aromatic carbocycles. The molecule has 3 heterocycles. The van der Waals surface area contributed by atoms with Crippen LogP contribution in [0.2, 0.25) is 0 Å². The topological polar surface area (TPSA) is 168 Å². The Morgan fingerprint density at radius 1 is 0.981 bits per heavy atom. The Balaban J connectivity index is 1.39. The zero-order valence-corrected chi connectivity index (χ0v) is 30.5. The largest absolute Gasteiger partial charge is 0.416 e. The van der Waals surface area contributed by atoms with Gasteiger partial charge in [-0.1, -0.05) is 6.07 Å². The van der Waals surface area contributed by atoms with Crippen molar-refractivity contribution in [1.82, 2.24) is 29.2 Å². The number of carbonyl (C=O) groups is 1. The van der Waals surface area contributed by atoms with Gasteiger partial charge in [-0.25, -0.2) is 18.8 Å². The number of nitrogens with one attached hydrogen (secondary N) is 2.